The average molecular weight is 793 g/mol. The van der Waals surface area contributed by atoms with Crippen LogP contribution in [-0.2, 0) is 70.9 Å². The SMILES string of the molecule is OC[C@H]1O[C@@H](O)[C@H](OCc2ccccc2)[C@@H](O)[C@@H]1O[C@@H]1O[C@H](COCc2ccccc2)[C@@H](OCc2ccccc2)[C@H](OCc2ccccc2)[C@@H]1OCc1ccccc1. The molecule has 2 heterocycles. The highest BCUT2D eigenvalue weighted by molar-refractivity contribution is 5.17. The molecule has 11 heteroatoms. The largest absolute Gasteiger partial charge is 0.394 e. The van der Waals surface area contributed by atoms with Crippen molar-refractivity contribution < 1.29 is 53.2 Å². The minimum Gasteiger partial charge on any atom is -0.394 e. The van der Waals surface area contributed by atoms with Crippen LogP contribution in [0.1, 0.15) is 27.8 Å². The lowest BCUT2D eigenvalue weighted by atomic mass is 9.96. The molecular formula is C47H52O11. The number of benzene rings is 5. The van der Waals surface area contributed by atoms with Crippen LogP contribution < -0.4 is 0 Å². The average Bonchev–Trinajstić information content (AvgIpc) is 3.27. The maximum atomic E-state index is 11.8. The van der Waals surface area contributed by atoms with Gasteiger partial charge in [0.05, 0.1) is 46.2 Å². The zero-order chi connectivity index (χ0) is 39.9. The minimum absolute atomic E-state index is 0.0961. The number of hydrogen-bond donors (Lipinski definition) is 3. The van der Waals surface area contributed by atoms with Crippen molar-refractivity contribution in [1.29, 1.82) is 0 Å². The van der Waals surface area contributed by atoms with Crippen molar-refractivity contribution in [3.8, 4) is 0 Å². The van der Waals surface area contributed by atoms with E-state index in [1.165, 1.54) is 0 Å². The first-order chi connectivity index (χ1) is 28.6. The Morgan fingerprint density at radius 1 is 0.414 bits per heavy atom. The molecule has 11 nitrogen and oxygen atoms in total. The topological polar surface area (TPSA) is 135 Å². The number of rotatable bonds is 19. The van der Waals surface area contributed by atoms with E-state index in [0.717, 1.165) is 27.8 Å². The van der Waals surface area contributed by atoms with Gasteiger partial charge in [0.1, 0.15) is 48.8 Å². The van der Waals surface area contributed by atoms with E-state index in [1.54, 1.807) is 0 Å². The molecule has 3 N–H and O–H groups in total. The van der Waals surface area contributed by atoms with Crippen LogP contribution in [0.25, 0.3) is 0 Å². The minimum atomic E-state index is -1.54. The zero-order valence-corrected chi connectivity index (χ0v) is 32.3. The van der Waals surface area contributed by atoms with E-state index in [-0.39, 0.29) is 33.0 Å². The van der Waals surface area contributed by atoms with Gasteiger partial charge < -0.3 is 53.2 Å². The van der Waals surface area contributed by atoms with E-state index in [2.05, 4.69) is 0 Å². The highest BCUT2D eigenvalue weighted by atomic mass is 16.7. The number of aliphatic hydroxyl groups excluding tert-OH is 3. The van der Waals surface area contributed by atoms with Gasteiger partial charge in [-0.3, -0.25) is 0 Å². The summed E-state index contributed by atoms with van der Waals surface area (Å²) in [7, 11) is 0. The Hall–Kier alpha value is -4.34. The van der Waals surface area contributed by atoms with Gasteiger partial charge in [0, 0.05) is 0 Å². The Balaban J connectivity index is 1.21. The summed E-state index contributed by atoms with van der Waals surface area (Å²) in [5.74, 6) is 0. The Morgan fingerprint density at radius 2 is 0.810 bits per heavy atom. The summed E-state index contributed by atoms with van der Waals surface area (Å²) in [6.45, 7) is 0.607. The molecule has 0 aliphatic carbocycles. The predicted octanol–water partition coefficient (Wildman–Crippen LogP) is 5.73. The molecule has 0 amide bonds. The Labute approximate surface area is 339 Å². The molecule has 0 saturated carbocycles. The summed E-state index contributed by atoms with van der Waals surface area (Å²) in [5.41, 5.74) is 4.64. The molecule has 10 atom stereocenters. The lowest BCUT2D eigenvalue weighted by molar-refractivity contribution is -0.370. The maximum absolute atomic E-state index is 11.8. The molecule has 7 rings (SSSR count). The van der Waals surface area contributed by atoms with Gasteiger partial charge in [0.2, 0.25) is 0 Å². The summed E-state index contributed by atoms with van der Waals surface area (Å²) in [5, 5.41) is 33.3. The molecule has 2 aliphatic heterocycles. The number of aliphatic hydroxyl groups is 3. The molecule has 0 spiro atoms. The first-order valence-electron chi connectivity index (χ1n) is 19.7. The monoisotopic (exact) mass is 792 g/mol. The Morgan fingerprint density at radius 3 is 1.26 bits per heavy atom. The Bertz CT molecular complexity index is 1870. The van der Waals surface area contributed by atoms with Crippen molar-refractivity contribution in [2.45, 2.75) is 94.4 Å². The van der Waals surface area contributed by atoms with E-state index in [0.29, 0.717) is 6.61 Å². The molecule has 2 aliphatic rings. The molecular weight excluding hydrogens is 741 g/mol. The summed E-state index contributed by atoms with van der Waals surface area (Å²) < 4.78 is 52.0. The summed E-state index contributed by atoms with van der Waals surface area (Å²) >= 11 is 0. The predicted molar refractivity (Wildman–Crippen MR) is 214 cm³/mol. The third-order valence-corrected chi connectivity index (χ3v) is 10.2. The van der Waals surface area contributed by atoms with Crippen LogP contribution in [0, 0.1) is 0 Å². The highest BCUT2D eigenvalue weighted by Crippen LogP contribution is 2.35. The van der Waals surface area contributed by atoms with E-state index >= 15 is 0 Å². The van der Waals surface area contributed by atoms with Gasteiger partial charge >= 0.3 is 0 Å². The second kappa shape index (κ2) is 21.6. The normalized spacial score (nSPS) is 27.3. The fourth-order valence-corrected chi connectivity index (χ4v) is 7.18. The van der Waals surface area contributed by atoms with Crippen molar-refractivity contribution >= 4 is 0 Å². The van der Waals surface area contributed by atoms with Crippen molar-refractivity contribution in [1.82, 2.24) is 0 Å². The lowest BCUT2D eigenvalue weighted by Gasteiger charge is -2.49. The summed E-state index contributed by atoms with van der Waals surface area (Å²) in [6, 6.07) is 48.6. The van der Waals surface area contributed by atoms with E-state index in [4.69, 9.17) is 37.9 Å². The van der Waals surface area contributed by atoms with Gasteiger partial charge in [-0.1, -0.05) is 152 Å². The van der Waals surface area contributed by atoms with Crippen molar-refractivity contribution in [3.05, 3.63) is 179 Å². The van der Waals surface area contributed by atoms with E-state index in [1.807, 2.05) is 152 Å². The van der Waals surface area contributed by atoms with Crippen LogP contribution >= 0.6 is 0 Å². The molecule has 5 aromatic carbocycles. The van der Waals surface area contributed by atoms with Crippen LogP contribution in [0.2, 0.25) is 0 Å². The first kappa shape index (κ1) is 41.8. The molecule has 0 bridgehead atoms. The first-order valence-corrected chi connectivity index (χ1v) is 19.7. The Kier molecular flexibility index (Phi) is 15.6. The third kappa shape index (κ3) is 11.4. The number of hydrogen-bond acceptors (Lipinski definition) is 11. The summed E-state index contributed by atoms with van der Waals surface area (Å²) in [6.07, 6.45) is -10.9. The van der Waals surface area contributed by atoms with Crippen molar-refractivity contribution in [2.75, 3.05) is 13.2 Å². The standard InChI is InChI=1S/C47H52O11/c48-26-38-41(40(49)43(46(50)56-38)53-29-35-20-10-3-11-21-35)58-47-45(55-31-37-24-14-5-15-25-37)44(54-30-36-22-12-4-13-23-36)42(52-28-34-18-8-2-9-19-34)39(57-47)32-51-27-33-16-6-1-7-17-33/h1-25,38-50H,26-32H2/t38-,39-,40+,41-,42-,43-,44+,45+,46-,47+/m1/s1. The van der Waals surface area contributed by atoms with Crippen molar-refractivity contribution in [2.24, 2.45) is 0 Å². The third-order valence-electron chi connectivity index (χ3n) is 10.2. The molecule has 0 radical (unpaired) electrons. The molecule has 306 valence electrons. The maximum Gasteiger partial charge on any atom is 0.187 e. The van der Waals surface area contributed by atoms with Crippen LogP contribution in [0.15, 0.2) is 152 Å². The van der Waals surface area contributed by atoms with Gasteiger partial charge in [-0.15, -0.1) is 0 Å². The smallest absolute Gasteiger partial charge is 0.187 e. The molecule has 0 aromatic heterocycles. The van der Waals surface area contributed by atoms with Crippen LogP contribution in [-0.4, -0.2) is 89.9 Å². The van der Waals surface area contributed by atoms with Gasteiger partial charge in [-0.05, 0) is 27.8 Å². The van der Waals surface area contributed by atoms with Crippen LogP contribution in [0.3, 0.4) is 0 Å². The van der Waals surface area contributed by atoms with Gasteiger partial charge in [0.25, 0.3) is 0 Å². The van der Waals surface area contributed by atoms with E-state index < -0.39 is 68.0 Å². The fourth-order valence-electron chi connectivity index (χ4n) is 7.18. The van der Waals surface area contributed by atoms with Gasteiger partial charge in [-0.25, -0.2) is 0 Å². The fraction of sp³-hybridized carbons (Fsp3) is 0.362. The molecule has 58 heavy (non-hydrogen) atoms. The quantitative estimate of drug-likeness (QED) is 0.0948. The van der Waals surface area contributed by atoms with Crippen LogP contribution in [0.4, 0.5) is 0 Å². The second-order valence-electron chi connectivity index (χ2n) is 14.4. The van der Waals surface area contributed by atoms with Crippen molar-refractivity contribution in [3.63, 3.8) is 0 Å². The second-order valence-corrected chi connectivity index (χ2v) is 14.4. The molecule has 2 fully saturated rings. The number of ether oxygens (including phenoxy) is 8. The highest BCUT2D eigenvalue weighted by Gasteiger charge is 2.53. The lowest BCUT2D eigenvalue weighted by Crippen LogP contribution is -2.65. The van der Waals surface area contributed by atoms with E-state index in [9.17, 15) is 15.3 Å². The molecule has 2 saturated heterocycles. The molecule has 5 aromatic rings. The van der Waals surface area contributed by atoms with Gasteiger partial charge in [-0.2, -0.15) is 0 Å². The molecule has 0 unspecified atom stereocenters. The zero-order valence-electron chi connectivity index (χ0n) is 32.3. The van der Waals surface area contributed by atoms with Gasteiger partial charge in [0.15, 0.2) is 12.6 Å². The summed E-state index contributed by atoms with van der Waals surface area (Å²) in [4.78, 5) is 0. The van der Waals surface area contributed by atoms with Crippen LogP contribution in [0.5, 0.6) is 0 Å².